The third-order valence-electron chi connectivity index (χ3n) is 4.85. The second-order valence-corrected chi connectivity index (χ2v) is 6.72. The highest BCUT2D eigenvalue weighted by atomic mass is 19.4. The van der Waals surface area contributed by atoms with Crippen molar-refractivity contribution >= 4 is 0 Å². The van der Waals surface area contributed by atoms with E-state index in [2.05, 4.69) is 22.4 Å². The van der Waals surface area contributed by atoms with E-state index in [0.29, 0.717) is 18.7 Å². The van der Waals surface area contributed by atoms with Gasteiger partial charge in [-0.1, -0.05) is 62.4 Å². The van der Waals surface area contributed by atoms with Crippen LogP contribution in [-0.4, -0.2) is 11.5 Å². The Morgan fingerprint density at radius 3 is 2.53 bits per heavy atom. The first-order valence-corrected chi connectivity index (χ1v) is 10.0. The lowest BCUT2D eigenvalue weighted by Crippen LogP contribution is -2.20. The summed E-state index contributed by atoms with van der Waals surface area (Å²) >= 11 is 0. The first-order chi connectivity index (χ1) is 14.5. The zero-order chi connectivity index (χ0) is 21.6. The fourth-order valence-corrected chi connectivity index (χ4v) is 3.48. The first kappa shape index (κ1) is 22.0. The SMILES string of the molecule is CC.FC(F)(F)c1cc(-c2cccc3c2COC3CNCc2ccccc2)ccn1. The van der Waals surface area contributed by atoms with Crippen LogP contribution in [0.4, 0.5) is 13.2 Å². The molecule has 0 saturated heterocycles. The Kier molecular flexibility index (Phi) is 7.24. The summed E-state index contributed by atoms with van der Waals surface area (Å²) in [6.45, 7) is 5.75. The highest BCUT2D eigenvalue weighted by molar-refractivity contribution is 5.69. The second-order valence-electron chi connectivity index (χ2n) is 6.72. The fourth-order valence-electron chi connectivity index (χ4n) is 3.48. The average Bonchev–Trinajstić information content (AvgIpc) is 3.19. The minimum absolute atomic E-state index is 0.123. The summed E-state index contributed by atoms with van der Waals surface area (Å²) < 4.78 is 44.9. The number of halogens is 3. The van der Waals surface area contributed by atoms with Gasteiger partial charge in [0.2, 0.25) is 0 Å². The number of rotatable bonds is 5. The van der Waals surface area contributed by atoms with Crippen molar-refractivity contribution in [2.45, 2.75) is 39.3 Å². The van der Waals surface area contributed by atoms with Gasteiger partial charge in [0.1, 0.15) is 5.69 Å². The largest absolute Gasteiger partial charge is 0.433 e. The molecular weight excluding hydrogens is 389 g/mol. The van der Waals surface area contributed by atoms with Crippen LogP contribution in [0.2, 0.25) is 0 Å². The molecule has 1 atom stereocenters. The van der Waals surface area contributed by atoms with Gasteiger partial charge in [-0.15, -0.1) is 0 Å². The summed E-state index contributed by atoms with van der Waals surface area (Å²) in [6, 6.07) is 18.4. The Hall–Kier alpha value is -2.70. The lowest BCUT2D eigenvalue weighted by molar-refractivity contribution is -0.141. The molecule has 2 aromatic carbocycles. The third kappa shape index (κ3) is 5.07. The van der Waals surface area contributed by atoms with Crippen LogP contribution in [0, 0.1) is 0 Å². The molecule has 0 bridgehead atoms. The average molecular weight is 414 g/mol. The molecule has 1 aliphatic rings. The van der Waals surface area contributed by atoms with Gasteiger partial charge in [0, 0.05) is 19.3 Å². The molecule has 0 fully saturated rings. The van der Waals surface area contributed by atoms with Crippen molar-refractivity contribution in [1.82, 2.24) is 10.3 Å². The molecule has 6 heteroatoms. The predicted molar refractivity (Wildman–Crippen MR) is 112 cm³/mol. The molecule has 1 unspecified atom stereocenters. The van der Waals surface area contributed by atoms with Crippen molar-refractivity contribution in [3.8, 4) is 11.1 Å². The van der Waals surface area contributed by atoms with Crippen LogP contribution in [0.5, 0.6) is 0 Å². The van der Waals surface area contributed by atoms with Gasteiger partial charge in [-0.3, -0.25) is 4.98 Å². The van der Waals surface area contributed by atoms with Gasteiger partial charge < -0.3 is 10.1 Å². The third-order valence-corrected chi connectivity index (χ3v) is 4.85. The van der Waals surface area contributed by atoms with Crippen molar-refractivity contribution in [1.29, 1.82) is 0 Å². The quantitative estimate of drug-likeness (QED) is 0.543. The lowest BCUT2D eigenvalue weighted by atomic mass is 9.95. The van der Waals surface area contributed by atoms with Crippen molar-refractivity contribution in [3.05, 3.63) is 89.2 Å². The maximum Gasteiger partial charge on any atom is 0.433 e. The number of alkyl halides is 3. The van der Waals surface area contributed by atoms with Crippen LogP contribution in [0.1, 0.15) is 42.3 Å². The molecule has 3 aromatic rings. The van der Waals surface area contributed by atoms with Crippen molar-refractivity contribution in [2.24, 2.45) is 0 Å². The normalized spacial score (nSPS) is 15.3. The van der Waals surface area contributed by atoms with Gasteiger partial charge >= 0.3 is 6.18 Å². The number of hydrogen-bond donors (Lipinski definition) is 1. The number of benzene rings is 2. The summed E-state index contributed by atoms with van der Waals surface area (Å²) in [5, 5.41) is 3.39. The molecule has 2 heterocycles. The number of ether oxygens (including phenoxy) is 1. The number of pyridine rings is 1. The van der Waals surface area contributed by atoms with Gasteiger partial charge in [-0.05, 0) is 39.9 Å². The van der Waals surface area contributed by atoms with Crippen LogP contribution < -0.4 is 5.32 Å². The Bertz CT molecular complexity index is 958. The predicted octanol–water partition coefficient (Wildman–Crippen LogP) is 6.15. The van der Waals surface area contributed by atoms with E-state index in [1.165, 1.54) is 11.8 Å². The number of aromatic nitrogens is 1. The zero-order valence-corrected chi connectivity index (χ0v) is 17.0. The minimum atomic E-state index is -4.46. The molecule has 0 radical (unpaired) electrons. The minimum Gasteiger partial charge on any atom is -0.367 e. The van der Waals surface area contributed by atoms with E-state index in [1.807, 2.05) is 50.2 Å². The molecular formula is C24H25F3N2O. The Labute approximate surface area is 174 Å². The molecule has 0 aliphatic carbocycles. The van der Waals surface area contributed by atoms with Gasteiger partial charge in [0.15, 0.2) is 0 Å². The molecule has 4 rings (SSSR count). The maximum atomic E-state index is 13.0. The Morgan fingerprint density at radius 2 is 1.80 bits per heavy atom. The van der Waals surface area contributed by atoms with Crippen LogP contribution >= 0.6 is 0 Å². The summed E-state index contributed by atoms with van der Waals surface area (Å²) in [6.07, 6.45) is -3.39. The molecule has 0 saturated carbocycles. The van der Waals surface area contributed by atoms with Gasteiger partial charge in [0.25, 0.3) is 0 Å². The second kappa shape index (κ2) is 9.87. The molecule has 30 heavy (non-hydrogen) atoms. The molecule has 1 aliphatic heterocycles. The van der Waals surface area contributed by atoms with E-state index in [-0.39, 0.29) is 6.10 Å². The molecule has 0 spiro atoms. The topological polar surface area (TPSA) is 34.1 Å². The first-order valence-electron chi connectivity index (χ1n) is 10.0. The van der Waals surface area contributed by atoms with E-state index in [1.54, 1.807) is 6.07 Å². The fraction of sp³-hybridized carbons (Fsp3) is 0.292. The molecule has 0 amide bonds. The summed E-state index contributed by atoms with van der Waals surface area (Å²) in [7, 11) is 0. The van der Waals surface area contributed by atoms with Gasteiger partial charge in [0.05, 0.1) is 12.7 Å². The van der Waals surface area contributed by atoms with Crippen molar-refractivity contribution in [2.75, 3.05) is 6.54 Å². The van der Waals surface area contributed by atoms with E-state index in [4.69, 9.17) is 4.74 Å². The molecule has 3 nitrogen and oxygen atoms in total. The zero-order valence-electron chi connectivity index (χ0n) is 17.0. The maximum absolute atomic E-state index is 13.0. The molecule has 158 valence electrons. The monoisotopic (exact) mass is 414 g/mol. The van der Waals surface area contributed by atoms with E-state index in [9.17, 15) is 13.2 Å². The lowest BCUT2D eigenvalue weighted by Gasteiger charge is -2.14. The Morgan fingerprint density at radius 1 is 1.03 bits per heavy atom. The Balaban J connectivity index is 0.00000124. The van der Waals surface area contributed by atoms with Gasteiger partial charge in [-0.2, -0.15) is 13.2 Å². The number of nitrogens with zero attached hydrogens (tertiary/aromatic N) is 1. The summed E-state index contributed by atoms with van der Waals surface area (Å²) in [4.78, 5) is 3.45. The molecule has 1 N–H and O–H groups in total. The smallest absolute Gasteiger partial charge is 0.367 e. The summed E-state index contributed by atoms with van der Waals surface area (Å²) in [5.41, 5.74) is 3.52. The van der Waals surface area contributed by atoms with Crippen molar-refractivity contribution < 1.29 is 17.9 Å². The van der Waals surface area contributed by atoms with Crippen LogP contribution in [0.25, 0.3) is 11.1 Å². The van der Waals surface area contributed by atoms with E-state index in [0.717, 1.165) is 29.3 Å². The summed E-state index contributed by atoms with van der Waals surface area (Å²) in [5.74, 6) is 0. The number of hydrogen-bond acceptors (Lipinski definition) is 3. The van der Waals surface area contributed by atoms with Crippen LogP contribution in [-0.2, 0) is 24.1 Å². The van der Waals surface area contributed by atoms with Crippen molar-refractivity contribution in [3.63, 3.8) is 0 Å². The highest BCUT2D eigenvalue weighted by Crippen LogP contribution is 2.38. The van der Waals surface area contributed by atoms with E-state index < -0.39 is 11.9 Å². The van der Waals surface area contributed by atoms with Gasteiger partial charge in [-0.25, -0.2) is 0 Å². The number of nitrogens with one attached hydrogen (secondary N) is 1. The highest BCUT2D eigenvalue weighted by Gasteiger charge is 2.33. The van der Waals surface area contributed by atoms with Crippen LogP contribution in [0.15, 0.2) is 66.9 Å². The molecule has 1 aromatic heterocycles. The van der Waals surface area contributed by atoms with Crippen LogP contribution in [0.3, 0.4) is 0 Å². The number of fused-ring (bicyclic) bond motifs is 1. The standard InChI is InChI=1S/C22H19F3N2O.C2H6/c23-22(24,25)21-11-16(9-10-27-21)17-7-4-8-18-19(17)14-28-20(18)13-26-12-15-5-2-1-3-6-15;1-2/h1-11,20,26H,12-14H2;1-2H3. The van der Waals surface area contributed by atoms with E-state index >= 15 is 0 Å².